The lowest BCUT2D eigenvalue weighted by atomic mass is 10.0. The van der Waals surface area contributed by atoms with E-state index < -0.39 is 0 Å². The summed E-state index contributed by atoms with van der Waals surface area (Å²) in [5, 5.41) is 14.0. The molecule has 0 aliphatic carbocycles. The molecule has 0 aromatic carbocycles. The van der Waals surface area contributed by atoms with Crippen LogP contribution >= 0.6 is 11.3 Å². The molecule has 5 rings (SSSR count). The fourth-order valence-electron chi connectivity index (χ4n) is 4.70. The molecule has 0 bridgehead atoms. The van der Waals surface area contributed by atoms with Crippen molar-refractivity contribution in [3.05, 3.63) is 40.2 Å². The molecule has 2 saturated heterocycles. The molecular weight excluding hydrogens is 418 g/mol. The fraction of sp³-hybridized carbons (Fsp3) is 0.500. The van der Waals surface area contributed by atoms with Crippen molar-refractivity contribution < 1.29 is 0 Å². The predicted molar refractivity (Wildman–Crippen MR) is 129 cm³/mol. The third-order valence-electron chi connectivity index (χ3n) is 6.68. The lowest BCUT2D eigenvalue weighted by Gasteiger charge is -2.33. The molecule has 0 atom stereocenters. The molecule has 0 amide bonds. The molecule has 1 N–H and O–H groups in total. The number of likely N-dealkylation sites (tertiary alicyclic amines) is 1. The second kappa shape index (κ2) is 9.00. The van der Waals surface area contributed by atoms with Gasteiger partial charge in [0.2, 0.25) is 0 Å². The second-order valence-electron chi connectivity index (χ2n) is 8.86. The van der Waals surface area contributed by atoms with Crippen molar-refractivity contribution in [2.75, 3.05) is 36.4 Å². The van der Waals surface area contributed by atoms with Gasteiger partial charge in [-0.1, -0.05) is 0 Å². The average molecular weight is 448 g/mol. The second-order valence-corrected chi connectivity index (χ2v) is 10.1. The first kappa shape index (κ1) is 21.1. The number of pyridine rings is 1. The third kappa shape index (κ3) is 4.27. The van der Waals surface area contributed by atoms with E-state index >= 15 is 0 Å². The number of nitrogens with one attached hydrogen (secondary N) is 1. The Morgan fingerprint density at radius 2 is 1.91 bits per heavy atom. The van der Waals surface area contributed by atoms with E-state index in [-0.39, 0.29) is 0 Å². The van der Waals surface area contributed by atoms with Crippen LogP contribution in [0.3, 0.4) is 0 Å². The summed E-state index contributed by atoms with van der Waals surface area (Å²) in [5.41, 5.74) is 1.89. The Hall–Kier alpha value is -2.76. The Labute approximate surface area is 193 Å². The van der Waals surface area contributed by atoms with Crippen molar-refractivity contribution in [2.24, 2.45) is 0 Å². The van der Waals surface area contributed by atoms with E-state index in [0.717, 1.165) is 67.9 Å². The average Bonchev–Trinajstić information content (AvgIpc) is 3.42. The van der Waals surface area contributed by atoms with Crippen molar-refractivity contribution in [1.82, 2.24) is 19.9 Å². The van der Waals surface area contributed by atoms with Crippen molar-refractivity contribution in [1.29, 1.82) is 5.26 Å². The Bertz CT molecular complexity index is 1130. The third-order valence-corrected chi connectivity index (χ3v) is 7.78. The van der Waals surface area contributed by atoms with Crippen molar-refractivity contribution in [3.63, 3.8) is 0 Å². The van der Waals surface area contributed by atoms with Gasteiger partial charge in [0.25, 0.3) is 0 Å². The summed E-state index contributed by atoms with van der Waals surface area (Å²) >= 11 is 1.78. The van der Waals surface area contributed by atoms with Gasteiger partial charge < -0.3 is 10.2 Å². The molecule has 0 radical (unpaired) electrons. The first-order valence-corrected chi connectivity index (χ1v) is 12.3. The number of piperidine rings is 1. The maximum atomic E-state index is 8.98. The van der Waals surface area contributed by atoms with Crippen LogP contribution in [0.15, 0.2) is 18.3 Å². The van der Waals surface area contributed by atoms with Crippen LogP contribution < -0.4 is 10.2 Å². The minimum Gasteiger partial charge on any atom is -0.367 e. The van der Waals surface area contributed by atoms with Crippen molar-refractivity contribution in [3.8, 4) is 6.07 Å². The normalized spacial score (nSPS) is 17.7. The highest BCUT2D eigenvalue weighted by Gasteiger charge is 2.23. The molecule has 0 spiro atoms. The zero-order chi connectivity index (χ0) is 22.1. The van der Waals surface area contributed by atoms with Crippen LogP contribution in [0.25, 0.3) is 10.2 Å². The van der Waals surface area contributed by atoms with Gasteiger partial charge in [-0.3, -0.25) is 4.90 Å². The molecule has 8 heteroatoms. The molecule has 2 aliphatic heterocycles. The van der Waals surface area contributed by atoms with Gasteiger partial charge in [-0.05, 0) is 70.3 Å². The molecule has 5 heterocycles. The molecule has 7 nitrogen and oxygen atoms in total. The SMILES string of the molecule is Cc1sc2nc(CN3CCCC3)nc(NC3CCN(c4ccc(C#N)cn4)CC3)c2c1C. The molecule has 2 fully saturated rings. The Balaban J connectivity index is 1.32. The number of nitriles is 1. The molecule has 32 heavy (non-hydrogen) atoms. The molecule has 3 aromatic rings. The number of anilines is 2. The van der Waals surface area contributed by atoms with E-state index in [2.05, 4.69) is 40.0 Å². The lowest BCUT2D eigenvalue weighted by molar-refractivity contribution is 0.323. The van der Waals surface area contributed by atoms with Gasteiger partial charge in [0.15, 0.2) is 0 Å². The number of rotatable bonds is 5. The molecule has 166 valence electrons. The molecule has 2 aliphatic rings. The van der Waals surface area contributed by atoms with Gasteiger partial charge >= 0.3 is 0 Å². The van der Waals surface area contributed by atoms with E-state index in [1.807, 2.05) is 12.1 Å². The quantitative estimate of drug-likeness (QED) is 0.626. The maximum absolute atomic E-state index is 8.98. The maximum Gasteiger partial charge on any atom is 0.146 e. The van der Waals surface area contributed by atoms with Crippen LogP contribution in [-0.4, -0.2) is 52.1 Å². The summed E-state index contributed by atoms with van der Waals surface area (Å²) in [7, 11) is 0. The number of thiophene rings is 1. The lowest BCUT2D eigenvalue weighted by Crippen LogP contribution is -2.39. The predicted octanol–water partition coefficient (Wildman–Crippen LogP) is 4.25. The van der Waals surface area contributed by atoms with Gasteiger partial charge in [-0.25, -0.2) is 15.0 Å². The molecule has 0 unspecified atom stereocenters. The Kier molecular flexibility index (Phi) is 5.94. The number of hydrogen-bond donors (Lipinski definition) is 1. The first-order valence-electron chi connectivity index (χ1n) is 11.5. The van der Waals surface area contributed by atoms with Gasteiger partial charge in [-0.2, -0.15) is 5.26 Å². The van der Waals surface area contributed by atoms with E-state index in [4.69, 9.17) is 15.2 Å². The first-order chi connectivity index (χ1) is 15.6. The number of fused-ring (bicyclic) bond motifs is 1. The number of nitrogens with zero attached hydrogens (tertiary/aromatic N) is 6. The molecular formula is C24H29N7S. The number of hydrogen-bond acceptors (Lipinski definition) is 8. The van der Waals surface area contributed by atoms with Gasteiger partial charge in [0, 0.05) is 30.2 Å². The number of aryl methyl sites for hydroxylation is 2. The Morgan fingerprint density at radius 1 is 1.12 bits per heavy atom. The topological polar surface area (TPSA) is 81.0 Å². The highest BCUT2D eigenvalue weighted by molar-refractivity contribution is 7.18. The summed E-state index contributed by atoms with van der Waals surface area (Å²) in [4.78, 5) is 21.6. The van der Waals surface area contributed by atoms with Crippen LogP contribution in [0.2, 0.25) is 0 Å². The van der Waals surface area contributed by atoms with Crippen LogP contribution in [0.1, 0.15) is 47.5 Å². The summed E-state index contributed by atoms with van der Waals surface area (Å²) in [6.45, 7) is 9.36. The summed E-state index contributed by atoms with van der Waals surface area (Å²) < 4.78 is 0. The monoisotopic (exact) mass is 447 g/mol. The van der Waals surface area contributed by atoms with Gasteiger partial charge in [0.05, 0.1) is 17.5 Å². The van der Waals surface area contributed by atoms with E-state index in [0.29, 0.717) is 11.6 Å². The zero-order valence-corrected chi connectivity index (χ0v) is 19.6. The van der Waals surface area contributed by atoms with Crippen LogP contribution in [0.5, 0.6) is 0 Å². The largest absolute Gasteiger partial charge is 0.367 e. The van der Waals surface area contributed by atoms with E-state index in [1.165, 1.54) is 28.7 Å². The number of aromatic nitrogens is 3. The van der Waals surface area contributed by atoms with Crippen LogP contribution in [0.4, 0.5) is 11.6 Å². The summed E-state index contributed by atoms with van der Waals surface area (Å²) in [6, 6.07) is 6.30. The van der Waals surface area contributed by atoms with E-state index in [1.54, 1.807) is 17.5 Å². The smallest absolute Gasteiger partial charge is 0.146 e. The zero-order valence-electron chi connectivity index (χ0n) is 18.8. The van der Waals surface area contributed by atoms with E-state index in [9.17, 15) is 0 Å². The van der Waals surface area contributed by atoms with Crippen molar-refractivity contribution >= 4 is 33.2 Å². The standard InChI is InChI=1S/C24H29N7S/c1-16-17(2)32-24-22(16)23(28-20(29-24)15-30-9-3-4-10-30)27-19-7-11-31(12-8-19)21-6-5-18(13-25)14-26-21/h5-6,14,19H,3-4,7-12,15H2,1-2H3,(H,27,28,29). The fourth-order valence-corrected chi connectivity index (χ4v) is 5.74. The minimum atomic E-state index is 0.377. The highest BCUT2D eigenvalue weighted by atomic mass is 32.1. The summed E-state index contributed by atoms with van der Waals surface area (Å²) in [5.74, 6) is 2.88. The van der Waals surface area contributed by atoms with Crippen LogP contribution in [0, 0.1) is 25.2 Å². The Morgan fingerprint density at radius 3 is 2.59 bits per heavy atom. The minimum absolute atomic E-state index is 0.377. The van der Waals surface area contributed by atoms with Gasteiger partial charge in [0.1, 0.15) is 28.4 Å². The summed E-state index contributed by atoms with van der Waals surface area (Å²) in [6.07, 6.45) is 6.25. The molecule has 0 saturated carbocycles. The highest BCUT2D eigenvalue weighted by Crippen LogP contribution is 2.34. The molecule has 3 aromatic heterocycles. The van der Waals surface area contributed by atoms with Crippen molar-refractivity contribution in [2.45, 2.75) is 52.1 Å². The van der Waals surface area contributed by atoms with Gasteiger partial charge in [-0.15, -0.1) is 11.3 Å². The van der Waals surface area contributed by atoms with Crippen LogP contribution in [-0.2, 0) is 6.54 Å².